The minimum Gasteiger partial charge on any atom is -0.467 e. The Bertz CT molecular complexity index is 359. The molecule has 0 aliphatic rings. The van der Waals surface area contributed by atoms with Crippen molar-refractivity contribution in [2.24, 2.45) is 0 Å². The number of halogens is 4. The van der Waals surface area contributed by atoms with Crippen molar-refractivity contribution in [1.29, 1.82) is 0 Å². The van der Waals surface area contributed by atoms with E-state index in [1.807, 2.05) is 0 Å². The molecule has 0 atom stereocenters. The SMILES string of the molecule is CCOCOc1ccc([B-](F)(F)F)c(F)c1.[K+]. The normalized spacial score (nSPS) is 10.9. The Morgan fingerprint density at radius 3 is 2.35 bits per heavy atom. The van der Waals surface area contributed by atoms with Gasteiger partial charge in [-0.05, 0) is 13.0 Å². The van der Waals surface area contributed by atoms with Crippen LogP contribution >= 0.6 is 0 Å². The smallest absolute Gasteiger partial charge is 0.467 e. The van der Waals surface area contributed by atoms with E-state index in [-0.39, 0.29) is 63.9 Å². The van der Waals surface area contributed by atoms with Crippen LogP contribution in [0, 0.1) is 5.82 Å². The Balaban J connectivity index is 0.00000256. The summed E-state index contributed by atoms with van der Waals surface area (Å²) in [5.74, 6) is -1.32. The van der Waals surface area contributed by atoms with Gasteiger partial charge < -0.3 is 22.4 Å². The predicted molar refractivity (Wildman–Crippen MR) is 52.2 cm³/mol. The summed E-state index contributed by atoms with van der Waals surface area (Å²) in [6.07, 6.45) is 0. The maximum Gasteiger partial charge on any atom is 1.00 e. The summed E-state index contributed by atoms with van der Waals surface area (Å²) >= 11 is 0. The Morgan fingerprint density at radius 1 is 1.24 bits per heavy atom. The molecule has 0 saturated heterocycles. The summed E-state index contributed by atoms with van der Waals surface area (Å²) in [6.45, 7) is -3.30. The second-order valence-corrected chi connectivity index (χ2v) is 3.01. The molecule has 1 aromatic rings. The van der Waals surface area contributed by atoms with E-state index in [9.17, 15) is 17.3 Å². The summed E-state index contributed by atoms with van der Waals surface area (Å²) in [7, 11) is 0. The first-order valence-corrected chi connectivity index (χ1v) is 4.65. The number of ether oxygens (including phenoxy) is 2. The van der Waals surface area contributed by atoms with Crippen LogP contribution in [0.4, 0.5) is 17.3 Å². The summed E-state index contributed by atoms with van der Waals surface area (Å²) in [6, 6.07) is 2.42. The third kappa shape index (κ3) is 5.71. The molecule has 17 heavy (non-hydrogen) atoms. The first-order valence-electron chi connectivity index (χ1n) is 4.65. The molecule has 0 fully saturated rings. The Morgan fingerprint density at radius 2 is 1.88 bits per heavy atom. The van der Waals surface area contributed by atoms with Crippen LogP contribution in [0.15, 0.2) is 18.2 Å². The van der Waals surface area contributed by atoms with Crippen molar-refractivity contribution in [2.75, 3.05) is 13.4 Å². The van der Waals surface area contributed by atoms with Crippen molar-refractivity contribution in [3.8, 4) is 5.75 Å². The van der Waals surface area contributed by atoms with Gasteiger partial charge in [0, 0.05) is 12.7 Å². The molecule has 0 N–H and O–H groups in total. The monoisotopic (exact) mass is 276 g/mol. The fourth-order valence-electron chi connectivity index (χ4n) is 1.06. The van der Waals surface area contributed by atoms with Crippen molar-refractivity contribution < 1.29 is 78.2 Å². The summed E-state index contributed by atoms with van der Waals surface area (Å²) in [5.41, 5.74) is -1.25. The molecular formula is C9H10BF4KO2. The Labute approximate surface area is 139 Å². The Kier molecular flexibility index (Phi) is 7.94. The van der Waals surface area contributed by atoms with Crippen LogP contribution in [-0.2, 0) is 4.74 Å². The quantitative estimate of drug-likeness (QED) is 0.305. The molecule has 0 aliphatic heterocycles. The van der Waals surface area contributed by atoms with Crippen LogP contribution in [0.2, 0.25) is 0 Å². The van der Waals surface area contributed by atoms with E-state index in [0.717, 1.165) is 6.07 Å². The first kappa shape index (κ1) is 17.4. The van der Waals surface area contributed by atoms with Gasteiger partial charge in [0.05, 0.1) is 5.82 Å². The maximum absolute atomic E-state index is 13.0. The average Bonchev–Trinajstić information content (AvgIpc) is 2.16. The zero-order valence-electron chi connectivity index (χ0n) is 9.55. The van der Waals surface area contributed by atoms with Gasteiger partial charge >= 0.3 is 58.4 Å². The van der Waals surface area contributed by atoms with Crippen molar-refractivity contribution in [1.82, 2.24) is 0 Å². The van der Waals surface area contributed by atoms with Crippen LogP contribution in [0.1, 0.15) is 6.92 Å². The van der Waals surface area contributed by atoms with Crippen LogP contribution < -0.4 is 61.6 Å². The second-order valence-electron chi connectivity index (χ2n) is 3.01. The van der Waals surface area contributed by atoms with Crippen LogP contribution in [0.25, 0.3) is 0 Å². The van der Waals surface area contributed by atoms with Gasteiger partial charge in [0.25, 0.3) is 0 Å². The van der Waals surface area contributed by atoms with Crippen molar-refractivity contribution in [3.63, 3.8) is 0 Å². The van der Waals surface area contributed by atoms with E-state index in [1.165, 1.54) is 0 Å². The van der Waals surface area contributed by atoms with E-state index >= 15 is 0 Å². The molecule has 0 heterocycles. The molecule has 90 valence electrons. The average molecular weight is 276 g/mol. The first-order chi connectivity index (χ1) is 7.45. The molecule has 1 rings (SSSR count). The van der Waals surface area contributed by atoms with Gasteiger partial charge in [0.1, 0.15) is 5.75 Å². The van der Waals surface area contributed by atoms with E-state index in [2.05, 4.69) is 0 Å². The zero-order chi connectivity index (χ0) is 12.2. The minimum absolute atomic E-state index is 0. The molecule has 0 aliphatic carbocycles. The summed E-state index contributed by atoms with van der Waals surface area (Å²) < 4.78 is 59.4. The fourth-order valence-corrected chi connectivity index (χ4v) is 1.06. The van der Waals surface area contributed by atoms with Crippen molar-refractivity contribution in [3.05, 3.63) is 24.0 Å². The van der Waals surface area contributed by atoms with Gasteiger partial charge in [0.15, 0.2) is 6.79 Å². The van der Waals surface area contributed by atoms with E-state index in [0.29, 0.717) is 18.7 Å². The van der Waals surface area contributed by atoms with E-state index in [4.69, 9.17) is 9.47 Å². The molecule has 1 aromatic carbocycles. The molecule has 8 heteroatoms. The molecule has 0 spiro atoms. The van der Waals surface area contributed by atoms with Gasteiger partial charge in [-0.25, -0.2) is 4.39 Å². The summed E-state index contributed by atoms with van der Waals surface area (Å²) in [5, 5.41) is 0. The standard InChI is InChI=1S/C9H10BF4O2.K/c1-2-15-6-16-7-3-4-8(9(11)5-7)10(12,13)14;/h3-5H,2,6H2,1H3;/q-1;+1. The molecular weight excluding hydrogens is 266 g/mol. The van der Waals surface area contributed by atoms with Crippen LogP contribution in [-0.4, -0.2) is 20.4 Å². The molecule has 0 amide bonds. The molecule has 0 unspecified atom stereocenters. The Hall–Kier alpha value is 0.401. The predicted octanol–water partition coefficient (Wildman–Crippen LogP) is -0.743. The van der Waals surface area contributed by atoms with Crippen LogP contribution in [0.5, 0.6) is 5.75 Å². The molecule has 0 saturated carbocycles. The molecule has 0 radical (unpaired) electrons. The topological polar surface area (TPSA) is 18.5 Å². The molecule has 0 bridgehead atoms. The largest absolute Gasteiger partial charge is 1.00 e. The molecule has 0 aromatic heterocycles. The van der Waals surface area contributed by atoms with Gasteiger partial charge in [0.2, 0.25) is 0 Å². The molecule has 2 nitrogen and oxygen atoms in total. The van der Waals surface area contributed by atoms with E-state index < -0.39 is 18.3 Å². The van der Waals surface area contributed by atoms with Gasteiger partial charge in [-0.1, -0.05) is 11.5 Å². The van der Waals surface area contributed by atoms with Gasteiger partial charge in [-0.15, -0.1) is 0 Å². The third-order valence-corrected chi connectivity index (χ3v) is 1.84. The number of rotatable bonds is 5. The van der Waals surface area contributed by atoms with Gasteiger partial charge in [-0.2, -0.15) is 0 Å². The second kappa shape index (κ2) is 7.75. The summed E-state index contributed by atoms with van der Waals surface area (Å²) in [4.78, 5) is 0. The van der Waals surface area contributed by atoms with Gasteiger partial charge in [-0.3, -0.25) is 0 Å². The zero-order valence-corrected chi connectivity index (χ0v) is 12.7. The van der Waals surface area contributed by atoms with Crippen molar-refractivity contribution in [2.45, 2.75) is 6.92 Å². The number of benzene rings is 1. The fraction of sp³-hybridized carbons (Fsp3) is 0.333. The third-order valence-electron chi connectivity index (χ3n) is 1.84. The minimum atomic E-state index is -5.33. The van der Waals surface area contributed by atoms with Crippen molar-refractivity contribution >= 4 is 12.4 Å². The van der Waals surface area contributed by atoms with E-state index in [1.54, 1.807) is 6.92 Å². The maximum atomic E-state index is 13.0. The van der Waals surface area contributed by atoms with Crippen LogP contribution in [0.3, 0.4) is 0 Å². The number of hydrogen-bond acceptors (Lipinski definition) is 2. The number of hydrogen-bond donors (Lipinski definition) is 0.